The van der Waals surface area contributed by atoms with Gasteiger partial charge in [0.2, 0.25) is 0 Å². The SMILES string of the molecule is CC1(C)c2ccccc2-c2c[c-]c(-n3cc4ccccc4n3)cc21.[Ir]. The summed E-state index contributed by atoms with van der Waals surface area (Å²) in [7, 11) is 0. The smallest absolute Gasteiger partial charge is 0.0926 e. The number of aromatic nitrogens is 2. The molecule has 0 amide bonds. The molecule has 5 rings (SSSR count). The van der Waals surface area contributed by atoms with Crippen LogP contribution in [0.3, 0.4) is 0 Å². The van der Waals surface area contributed by atoms with Crippen molar-refractivity contribution in [3.05, 3.63) is 84.1 Å². The molecular weight excluding hydrogens is 484 g/mol. The van der Waals surface area contributed by atoms with Crippen LogP contribution in [-0.4, -0.2) is 9.78 Å². The zero-order valence-electron chi connectivity index (χ0n) is 14.1. The van der Waals surface area contributed by atoms with Gasteiger partial charge < -0.3 is 0 Å². The minimum atomic E-state index is 0. The largest absolute Gasteiger partial charge is 0.264 e. The molecule has 1 aliphatic rings. The maximum atomic E-state index is 4.69. The molecule has 0 atom stereocenters. The van der Waals surface area contributed by atoms with Crippen molar-refractivity contribution in [2.24, 2.45) is 0 Å². The number of hydrogen-bond acceptors (Lipinski definition) is 1. The molecular formula is C22H17IrN2-. The summed E-state index contributed by atoms with van der Waals surface area (Å²) in [6.45, 7) is 4.59. The Morgan fingerprint density at radius 2 is 1.68 bits per heavy atom. The summed E-state index contributed by atoms with van der Waals surface area (Å²) < 4.78 is 1.93. The van der Waals surface area contributed by atoms with E-state index in [2.05, 4.69) is 68.6 Å². The molecule has 1 aliphatic carbocycles. The van der Waals surface area contributed by atoms with Crippen LogP contribution in [0.4, 0.5) is 0 Å². The van der Waals surface area contributed by atoms with E-state index in [1.54, 1.807) is 0 Å². The van der Waals surface area contributed by atoms with Crippen LogP contribution in [0, 0.1) is 6.07 Å². The first-order valence-corrected chi connectivity index (χ1v) is 8.25. The van der Waals surface area contributed by atoms with Gasteiger partial charge in [-0.3, -0.25) is 4.68 Å². The normalized spacial score (nSPS) is 14.0. The topological polar surface area (TPSA) is 17.8 Å². The van der Waals surface area contributed by atoms with Gasteiger partial charge in [-0.15, -0.1) is 17.2 Å². The first kappa shape index (κ1) is 16.3. The van der Waals surface area contributed by atoms with Crippen LogP contribution in [0.5, 0.6) is 0 Å². The fourth-order valence-electron chi connectivity index (χ4n) is 3.85. The fraction of sp³-hybridized carbons (Fsp3) is 0.136. The molecule has 2 nitrogen and oxygen atoms in total. The molecule has 0 aliphatic heterocycles. The van der Waals surface area contributed by atoms with E-state index in [1.165, 1.54) is 22.3 Å². The Hall–Kier alpha value is -2.22. The van der Waals surface area contributed by atoms with Crippen molar-refractivity contribution in [1.29, 1.82) is 0 Å². The minimum absolute atomic E-state index is 0. The molecule has 3 aromatic carbocycles. The van der Waals surface area contributed by atoms with Crippen LogP contribution >= 0.6 is 0 Å². The van der Waals surface area contributed by atoms with Crippen LogP contribution in [0.2, 0.25) is 0 Å². The molecule has 0 fully saturated rings. The Bertz CT molecular complexity index is 1060. The molecule has 0 saturated carbocycles. The molecule has 0 saturated heterocycles. The Morgan fingerprint density at radius 3 is 2.52 bits per heavy atom. The van der Waals surface area contributed by atoms with Crippen molar-refractivity contribution in [3.8, 4) is 16.8 Å². The van der Waals surface area contributed by atoms with Gasteiger partial charge in [0.15, 0.2) is 0 Å². The zero-order chi connectivity index (χ0) is 16.3. The van der Waals surface area contributed by atoms with Crippen molar-refractivity contribution >= 4 is 10.9 Å². The summed E-state index contributed by atoms with van der Waals surface area (Å²) in [6.07, 6.45) is 2.07. The molecule has 1 radical (unpaired) electrons. The maximum Gasteiger partial charge on any atom is 0.0926 e. The average Bonchev–Trinajstić information content (AvgIpc) is 3.13. The minimum Gasteiger partial charge on any atom is -0.264 e. The quantitative estimate of drug-likeness (QED) is 0.331. The maximum absolute atomic E-state index is 4.69. The van der Waals surface area contributed by atoms with Gasteiger partial charge in [-0.05, 0) is 22.7 Å². The third-order valence-corrected chi connectivity index (χ3v) is 5.16. The van der Waals surface area contributed by atoms with Gasteiger partial charge in [0, 0.05) is 31.7 Å². The monoisotopic (exact) mass is 502 g/mol. The summed E-state index contributed by atoms with van der Waals surface area (Å²) in [6, 6.07) is 24.6. The second-order valence-electron chi connectivity index (χ2n) is 6.95. The third-order valence-electron chi connectivity index (χ3n) is 5.16. The van der Waals surface area contributed by atoms with Gasteiger partial charge >= 0.3 is 0 Å². The van der Waals surface area contributed by atoms with Crippen LogP contribution in [0.15, 0.2) is 66.9 Å². The van der Waals surface area contributed by atoms with E-state index in [0.29, 0.717) is 0 Å². The molecule has 0 unspecified atom stereocenters. The number of nitrogens with zero attached hydrogens (tertiary/aromatic N) is 2. The van der Waals surface area contributed by atoms with Gasteiger partial charge in [-0.1, -0.05) is 61.9 Å². The van der Waals surface area contributed by atoms with Crippen LogP contribution in [-0.2, 0) is 25.5 Å². The summed E-state index contributed by atoms with van der Waals surface area (Å²) in [5.74, 6) is 0. The van der Waals surface area contributed by atoms with E-state index < -0.39 is 0 Å². The Balaban J connectivity index is 0.00000157. The Morgan fingerprint density at radius 1 is 0.920 bits per heavy atom. The van der Waals surface area contributed by atoms with E-state index >= 15 is 0 Å². The van der Waals surface area contributed by atoms with E-state index in [-0.39, 0.29) is 25.5 Å². The van der Waals surface area contributed by atoms with Gasteiger partial charge in [-0.2, -0.15) is 17.2 Å². The first-order chi connectivity index (χ1) is 11.6. The van der Waals surface area contributed by atoms with Crippen molar-refractivity contribution in [1.82, 2.24) is 9.78 Å². The number of rotatable bonds is 1. The van der Waals surface area contributed by atoms with Gasteiger partial charge in [0.25, 0.3) is 0 Å². The molecule has 1 aromatic heterocycles. The van der Waals surface area contributed by atoms with E-state index in [4.69, 9.17) is 5.10 Å². The molecule has 0 spiro atoms. The molecule has 3 heteroatoms. The molecule has 1 heterocycles. The fourth-order valence-corrected chi connectivity index (χ4v) is 3.85. The Kier molecular flexibility index (Phi) is 3.68. The number of fused-ring (bicyclic) bond motifs is 4. The van der Waals surface area contributed by atoms with Gasteiger partial charge in [-0.25, -0.2) is 0 Å². The molecule has 25 heavy (non-hydrogen) atoms. The first-order valence-electron chi connectivity index (χ1n) is 8.25. The number of benzene rings is 3. The van der Waals surface area contributed by atoms with Crippen LogP contribution in [0.1, 0.15) is 25.0 Å². The van der Waals surface area contributed by atoms with Crippen molar-refractivity contribution in [3.63, 3.8) is 0 Å². The van der Waals surface area contributed by atoms with E-state index in [0.717, 1.165) is 16.6 Å². The van der Waals surface area contributed by atoms with Crippen LogP contribution in [0.25, 0.3) is 27.7 Å². The summed E-state index contributed by atoms with van der Waals surface area (Å²) in [4.78, 5) is 0. The van der Waals surface area contributed by atoms with Crippen LogP contribution < -0.4 is 0 Å². The predicted molar refractivity (Wildman–Crippen MR) is 97.5 cm³/mol. The number of hydrogen-bond donors (Lipinski definition) is 0. The summed E-state index contributed by atoms with van der Waals surface area (Å²) in [5, 5.41) is 5.84. The second-order valence-corrected chi connectivity index (χ2v) is 6.95. The molecule has 125 valence electrons. The van der Waals surface area contributed by atoms with Gasteiger partial charge in [0.1, 0.15) is 0 Å². The van der Waals surface area contributed by atoms with Crippen molar-refractivity contribution < 1.29 is 20.1 Å². The van der Waals surface area contributed by atoms with E-state index in [9.17, 15) is 0 Å². The van der Waals surface area contributed by atoms with Crippen molar-refractivity contribution in [2.45, 2.75) is 19.3 Å². The zero-order valence-corrected chi connectivity index (χ0v) is 16.5. The summed E-state index contributed by atoms with van der Waals surface area (Å²) in [5.41, 5.74) is 7.34. The average molecular weight is 502 g/mol. The molecule has 0 bridgehead atoms. The predicted octanol–water partition coefficient (Wildman–Crippen LogP) is 5.13. The molecule has 0 N–H and O–H groups in total. The standard InChI is InChI=1S/C22H17N2.Ir/c1-22(2)19-9-5-4-8-17(19)18-12-11-16(13-20(18)22)24-14-15-7-3-6-10-21(15)23-24;/h3-10,12-14H,1-2H3;/q-1;. The molecule has 4 aromatic rings. The third kappa shape index (κ3) is 2.31. The summed E-state index contributed by atoms with van der Waals surface area (Å²) >= 11 is 0. The van der Waals surface area contributed by atoms with Crippen molar-refractivity contribution in [2.75, 3.05) is 0 Å². The van der Waals surface area contributed by atoms with Gasteiger partial charge in [0.05, 0.1) is 5.52 Å². The second kappa shape index (κ2) is 5.65. The van der Waals surface area contributed by atoms with E-state index in [1.807, 2.05) is 22.9 Å². The Labute approximate surface area is 160 Å².